The largest absolute Gasteiger partial charge is 0.472 e. The zero-order valence-electron chi connectivity index (χ0n) is 14.0. The Kier molecular flexibility index (Phi) is 5.60. The first-order chi connectivity index (χ1) is 12.1. The molecule has 0 radical (unpaired) electrons. The van der Waals surface area contributed by atoms with Gasteiger partial charge >= 0.3 is 0 Å². The van der Waals surface area contributed by atoms with Crippen LogP contribution in [0.25, 0.3) is 6.08 Å². The molecular formula is C17H20N4O3S. The number of aryl methyl sites for hydroxylation is 1. The first-order valence-electron chi connectivity index (χ1n) is 8.20. The quantitative estimate of drug-likeness (QED) is 0.825. The van der Waals surface area contributed by atoms with E-state index in [1.807, 2.05) is 4.90 Å². The molecule has 2 aromatic rings. The van der Waals surface area contributed by atoms with Gasteiger partial charge in [0.2, 0.25) is 5.91 Å². The summed E-state index contributed by atoms with van der Waals surface area (Å²) >= 11 is 1.15. The number of amides is 2. The minimum absolute atomic E-state index is 0.0121. The van der Waals surface area contributed by atoms with Crippen molar-refractivity contribution in [2.45, 2.75) is 19.8 Å². The van der Waals surface area contributed by atoms with Gasteiger partial charge in [0.05, 0.1) is 18.2 Å². The number of nitrogens with zero attached hydrogens (tertiary/aromatic N) is 3. The fraction of sp³-hybridized carbons (Fsp3) is 0.412. The van der Waals surface area contributed by atoms with E-state index < -0.39 is 0 Å². The average Bonchev–Trinajstić information content (AvgIpc) is 3.29. The van der Waals surface area contributed by atoms with Crippen molar-refractivity contribution in [1.29, 1.82) is 0 Å². The zero-order chi connectivity index (χ0) is 17.6. The lowest BCUT2D eigenvalue weighted by molar-refractivity contribution is -0.116. The highest BCUT2D eigenvalue weighted by atomic mass is 32.1. The first kappa shape index (κ1) is 17.3. The van der Waals surface area contributed by atoms with Gasteiger partial charge in [0.25, 0.3) is 5.91 Å². The first-order valence-corrected chi connectivity index (χ1v) is 8.97. The van der Waals surface area contributed by atoms with Crippen molar-refractivity contribution in [3.8, 4) is 0 Å². The number of nitrogens with one attached hydrogen (secondary N) is 1. The van der Waals surface area contributed by atoms with Crippen LogP contribution >= 0.6 is 11.5 Å². The summed E-state index contributed by atoms with van der Waals surface area (Å²) in [4.78, 5) is 26.7. The Morgan fingerprint density at radius 2 is 2.24 bits per heavy atom. The number of hydrogen-bond acceptors (Lipinski definition) is 6. The van der Waals surface area contributed by atoms with E-state index in [0.717, 1.165) is 29.9 Å². The van der Waals surface area contributed by atoms with Crippen LogP contribution in [0.5, 0.6) is 0 Å². The maximum Gasteiger partial charge on any atom is 0.267 e. The third-order valence-corrected chi connectivity index (χ3v) is 5.10. The molecule has 132 valence electrons. The Bertz CT molecular complexity index is 746. The average molecular weight is 360 g/mol. The Morgan fingerprint density at radius 3 is 2.88 bits per heavy atom. The second-order valence-corrected chi connectivity index (χ2v) is 6.81. The minimum atomic E-state index is -0.119. The van der Waals surface area contributed by atoms with Crippen LogP contribution in [-0.4, -0.2) is 45.9 Å². The number of hydrogen-bond donors (Lipinski definition) is 1. The van der Waals surface area contributed by atoms with Crippen LogP contribution in [0.3, 0.4) is 0 Å². The Morgan fingerprint density at radius 1 is 1.44 bits per heavy atom. The SMILES string of the molecule is Cc1nnsc1C(=O)N1CCC(CNC(=O)C=Cc2ccoc2)CC1. The molecule has 25 heavy (non-hydrogen) atoms. The summed E-state index contributed by atoms with van der Waals surface area (Å²) < 4.78 is 8.76. The summed E-state index contributed by atoms with van der Waals surface area (Å²) in [7, 11) is 0. The molecule has 1 fully saturated rings. The highest BCUT2D eigenvalue weighted by Gasteiger charge is 2.26. The Hall–Kier alpha value is -2.48. The summed E-state index contributed by atoms with van der Waals surface area (Å²) in [5, 5.41) is 6.81. The molecule has 3 rings (SSSR count). The van der Waals surface area contributed by atoms with Gasteiger partial charge in [0.1, 0.15) is 4.88 Å². The summed E-state index contributed by atoms with van der Waals surface area (Å²) in [6.45, 7) is 3.82. The highest BCUT2D eigenvalue weighted by molar-refractivity contribution is 7.07. The molecule has 2 amide bonds. The predicted molar refractivity (Wildman–Crippen MR) is 94.0 cm³/mol. The van der Waals surface area contributed by atoms with Crippen LogP contribution in [0.4, 0.5) is 0 Å². The monoisotopic (exact) mass is 360 g/mol. The third kappa shape index (κ3) is 4.54. The normalized spacial score (nSPS) is 15.6. The summed E-state index contributed by atoms with van der Waals surface area (Å²) in [5.74, 6) is 0.278. The molecule has 1 aliphatic rings. The number of furan rings is 1. The van der Waals surface area contributed by atoms with E-state index in [1.54, 1.807) is 31.6 Å². The van der Waals surface area contributed by atoms with Crippen LogP contribution in [0, 0.1) is 12.8 Å². The molecule has 8 heteroatoms. The van der Waals surface area contributed by atoms with Gasteiger partial charge in [-0.15, -0.1) is 5.10 Å². The summed E-state index contributed by atoms with van der Waals surface area (Å²) in [5.41, 5.74) is 1.55. The van der Waals surface area contributed by atoms with Crippen molar-refractivity contribution >= 4 is 29.4 Å². The Balaban J connectivity index is 1.41. The number of piperidine rings is 1. The van der Waals surface area contributed by atoms with E-state index in [9.17, 15) is 9.59 Å². The van der Waals surface area contributed by atoms with Crippen LogP contribution < -0.4 is 5.32 Å². The lowest BCUT2D eigenvalue weighted by Crippen LogP contribution is -2.41. The molecule has 0 aliphatic carbocycles. The minimum Gasteiger partial charge on any atom is -0.472 e. The molecule has 0 bridgehead atoms. The molecule has 1 saturated heterocycles. The van der Waals surface area contributed by atoms with Crippen LogP contribution in [0.15, 0.2) is 29.1 Å². The second kappa shape index (κ2) is 8.06. The van der Waals surface area contributed by atoms with Crippen LogP contribution in [-0.2, 0) is 4.79 Å². The smallest absolute Gasteiger partial charge is 0.267 e. The summed E-state index contributed by atoms with van der Waals surface area (Å²) in [6.07, 6.45) is 8.12. The standard InChI is InChI=1S/C17H20N4O3S/c1-12-16(25-20-19-12)17(23)21-7-4-13(5-8-21)10-18-15(22)3-2-14-6-9-24-11-14/h2-3,6,9,11,13H,4-5,7-8,10H2,1H3,(H,18,22). The third-order valence-electron chi connectivity index (χ3n) is 4.28. The van der Waals surface area contributed by atoms with E-state index >= 15 is 0 Å². The van der Waals surface area contributed by atoms with Crippen molar-refractivity contribution < 1.29 is 14.0 Å². The van der Waals surface area contributed by atoms with Crippen LogP contribution in [0.1, 0.15) is 33.8 Å². The van der Waals surface area contributed by atoms with Crippen molar-refractivity contribution in [1.82, 2.24) is 19.8 Å². The fourth-order valence-corrected chi connectivity index (χ4v) is 3.38. The molecule has 0 aromatic carbocycles. The van der Waals surface area contributed by atoms with Crippen molar-refractivity contribution in [3.05, 3.63) is 40.8 Å². The van der Waals surface area contributed by atoms with Gasteiger partial charge < -0.3 is 14.6 Å². The molecule has 1 N–H and O–H groups in total. The predicted octanol–water partition coefficient (Wildman–Crippen LogP) is 2.12. The molecule has 0 saturated carbocycles. The highest BCUT2D eigenvalue weighted by Crippen LogP contribution is 2.20. The molecule has 0 unspecified atom stereocenters. The number of likely N-dealkylation sites (tertiary alicyclic amines) is 1. The van der Waals surface area contributed by atoms with Gasteiger partial charge in [0.15, 0.2) is 0 Å². The molecular weight excluding hydrogens is 340 g/mol. The molecule has 1 aliphatic heterocycles. The van der Waals surface area contributed by atoms with Gasteiger partial charge in [-0.05, 0) is 49.4 Å². The maximum absolute atomic E-state index is 12.4. The van der Waals surface area contributed by atoms with Gasteiger partial charge in [-0.3, -0.25) is 9.59 Å². The fourth-order valence-electron chi connectivity index (χ4n) is 2.76. The topological polar surface area (TPSA) is 88.3 Å². The number of carbonyl (C=O) groups is 2. The lowest BCUT2D eigenvalue weighted by atomic mass is 9.96. The summed E-state index contributed by atoms with van der Waals surface area (Å²) in [6, 6.07) is 1.79. The zero-order valence-corrected chi connectivity index (χ0v) is 14.8. The molecule has 2 aromatic heterocycles. The van der Waals surface area contributed by atoms with Crippen molar-refractivity contribution in [3.63, 3.8) is 0 Å². The van der Waals surface area contributed by atoms with E-state index in [0.29, 0.717) is 36.1 Å². The lowest BCUT2D eigenvalue weighted by Gasteiger charge is -2.31. The van der Waals surface area contributed by atoms with Gasteiger partial charge in [-0.2, -0.15) is 0 Å². The molecule has 0 atom stereocenters. The number of aromatic nitrogens is 2. The molecule has 7 nitrogen and oxygen atoms in total. The van der Waals surface area contributed by atoms with Gasteiger partial charge in [-0.25, -0.2) is 0 Å². The van der Waals surface area contributed by atoms with Gasteiger partial charge in [-0.1, -0.05) is 4.49 Å². The van der Waals surface area contributed by atoms with Crippen LogP contribution in [0.2, 0.25) is 0 Å². The van der Waals surface area contributed by atoms with Crippen molar-refractivity contribution in [2.24, 2.45) is 5.92 Å². The maximum atomic E-state index is 12.4. The Labute approximate surface area is 149 Å². The van der Waals surface area contributed by atoms with Crippen molar-refractivity contribution in [2.75, 3.05) is 19.6 Å². The van der Waals surface area contributed by atoms with E-state index in [1.165, 1.54) is 6.08 Å². The van der Waals surface area contributed by atoms with E-state index in [2.05, 4.69) is 14.9 Å². The van der Waals surface area contributed by atoms with E-state index in [-0.39, 0.29) is 11.8 Å². The number of carbonyl (C=O) groups excluding carboxylic acids is 2. The molecule has 0 spiro atoms. The second-order valence-electron chi connectivity index (χ2n) is 6.06. The molecule has 3 heterocycles. The number of rotatable bonds is 5. The van der Waals surface area contributed by atoms with Gasteiger partial charge in [0, 0.05) is 31.3 Å². The van der Waals surface area contributed by atoms with E-state index in [4.69, 9.17) is 4.42 Å².